The van der Waals surface area contributed by atoms with Gasteiger partial charge in [0.1, 0.15) is 0 Å². The minimum Gasteiger partial charge on any atom is -0.330 e. The Balaban J connectivity index is 2.19. The van der Waals surface area contributed by atoms with Crippen LogP contribution in [0, 0.1) is 0 Å². The number of halogens is 1. The van der Waals surface area contributed by atoms with Crippen LogP contribution in [0.2, 0.25) is 0 Å². The van der Waals surface area contributed by atoms with E-state index < -0.39 is 10.0 Å². The molecular formula is C14H15BrN2O2S. The Kier molecular flexibility index (Phi) is 4.80. The van der Waals surface area contributed by atoms with Crippen LogP contribution in [-0.2, 0) is 16.4 Å². The first-order valence-electron chi connectivity index (χ1n) is 6.09. The number of nitrogens with one attached hydrogen (secondary N) is 1. The summed E-state index contributed by atoms with van der Waals surface area (Å²) in [5.74, 6) is 0. The zero-order chi connectivity index (χ0) is 14.6. The Morgan fingerprint density at radius 1 is 1.00 bits per heavy atom. The number of hydrogen-bond donors (Lipinski definition) is 2. The Labute approximate surface area is 127 Å². The van der Waals surface area contributed by atoms with Crippen LogP contribution in [0.4, 0.5) is 5.69 Å². The normalized spacial score (nSPS) is 11.3. The fourth-order valence-electron chi connectivity index (χ4n) is 1.73. The van der Waals surface area contributed by atoms with Gasteiger partial charge in [-0.15, -0.1) is 0 Å². The molecule has 2 aromatic carbocycles. The summed E-state index contributed by atoms with van der Waals surface area (Å²) < 4.78 is 27.9. The smallest absolute Gasteiger partial charge is 0.261 e. The predicted molar refractivity (Wildman–Crippen MR) is 84.2 cm³/mol. The Morgan fingerprint density at radius 3 is 2.15 bits per heavy atom. The van der Waals surface area contributed by atoms with Gasteiger partial charge in [-0.05, 0) is 54.9 Å². The number of sulfonamides is 1. The van der Waals surface area contributed by atoms with E-state index in [1.54, 1.807) is 48.5 Å². The van der Waals surface area contributed by atoms with Crippen molar-refractivity contribution in [3.8, 4) is 0 Å². The van der Waals surface area contributed by atoms with Crippen LogP contribution >= 0.6 is 15.9 Å². The predicted octanol–water partition coefficient (Wildman–Crippen LogP) is 2.75. The largest absolute Gasteiger partial charge is 0.330 e. The highest BCUT2D eigenvalue weighted by molar-refractivity contribution is 9.10. The molecule has 0 aliphatic heterocycles. The molecule has 0 aliphatic carbocycles. The molecule has 3 N–H and O–H groups in total. The second-order valence-electron chi connectivity index (χ2n) is 4.30. The molecule has 0 saturated carbocycles. The van der Waals surface area contributed by atoms with Gasteiger partial charge in [0.2, 0.25) is 0 Å². The monoisotopic (exact) mass is 354 g/mol. The number of hydrogen-bond acceptors (Lipinski definition) is 3. The molecule has 6 heteroatoms. The van der Waals surface area contributed by atoms with Gasteiger partial charge in [0.05, 0.1) is 4.90 Å². The van der Waals surface area contributed by atoms with E-state index >= 15 is 0 Å². The minimum absolute atomic E-state index is 0.237. The fraction of sp³-hybridized carbons (Fsp3) is 0.143. The van der Waals surface area contributed by atoms with Crippen LogP contribution in [-0.4, -0.2) is 15.0 Å². The van der Waals surface area contributed by atoms with Gasteiger partial charge in [-0.3, -0.25) is 4.72 Å². The second-order valence-corrected chi connectivity index (χ2v) is 6.89. The van der Waals surface area contributed by atoms with Crippen LogP contribution in [0.15, 0.2) is 57.9 Å². The third kappa shape index (κ3) is 3.82. The molecule has 0 saturated heterocycles. The average molecular weight is 355 g/mol. The third-order valence-corrected chi connectivity index (χ3v) is 4.69. The molecule has 0 heterocycles. The van der Waals surface area contributed by atoms with Crippen molar-refractivity contribution >= 4 is 31.6 Å². The SMILES string of the molecule is NCCc1ccc(S(=O)(=O)Nc2ccc(Br)cc2)cc1. The van der Waals surface area contributed by atoms with Gasteiger partial charge in [-0.1, -0.05) is 28.1 Å². The topological polar surface area (TPSA) is 72.2 Å². The van der Waals surface area contributed by atoms with Crippen LogP contribution in [0.1, 0.15) is 5.56 Å². The second kappa shape index (κ2) is 6.39. The lowest BCUT2D eigenvalue weighted by Crippen LogP contribution is -2.13. The molecule has 20 heavy (non-hydrogen) atoms. The quantitative estimate of drug-likeness (QED) is 0.866. The molecular weight excluding hydrogens is 340 g/mol. The highest BCUT2D eigenvalue weighted by Crippen LogP contribution is 2.19. The summed E-state index contributed by atoms with van der Waals surface area (Å²) in [6, 6.07) is 13.7. The van der Waals surface area contributed by atoms with Crippen LogP contribution in [0.25, 0.3) is 0 Å². The van der Waals surface area contributed by atoms with Crippen molar-refractivity contribution in [3.05, 3.63) is 58.6 Å². The molecule has 2 rings (SSSR count). The van der Waals surface area contributed by atoms with Gasteiger partial charge in [0, 0.05) is 10.2 Å². The first-order valence-corrected chi connectivity index (χ1v) is 8.36. The fourth-order valence-corrected chi connectivity index (χ4v) is 3.06. The lowest BCUT2D eigenvalue weighted by molar-refractivity contribution is 0.601. The lowest BCUT2D eigenvalue weighted by atomic mass is 10.2. The van der Waals surface area contributed by atoms with E-state index in [1.165, 1.54) is 0 Å². The maximum atomic E-state index is 12.2. The zero-order valence-corrected chi connectivity index (χ0v) is 13.1. The van der Waals surface area contributed by atoms with E-state index in [2.05, 4.69) is 20.7 Å². The molecule has 4 nitrogen and oxygen atoms in total. The lowest BCUT2D eigenvalue weighted by Gasteiger charge is -2.08. The molecule has 0 aliphatic rings. The molecule has 0 aromatic heterocycles. The third-order valence-electron chi connectivity index (χ3n) is 2.76. The molecule has 0 radical (unpaired) electrons. The molecule has 106 valence electrons. The minimum atomic E-state index is -3.55. The first kappa shape index (κ1) is 15.0. The van der Waals surface area contributed by atoms with Crippen molar-refractivity contribution in [1.82, 2.24) is 0 Å². The van der Waals surface area contributed by atoms with Crippen molar-refractivity contribution in [2.45, 2.75) is 11.3 Å². The van der Waals surface area contributed by atoms with Crippen LogP contribution < -0.4 is 10.5 Å². The summed E-state index contributed by atoms with van der Waals surface area (Å²) in [6.07, 6.45) is 0.737. The van der Waals surface area contributed by atoms with Gasteiger partial charge in [-0.2, -0.15) is 0 Å². The van der Waals surface area contributed by atoms with E-state index in [0.717, 1.165) is 16.5 Å². The van der Waals surface area contributed by atoms with Crippen molar-refractivity contribution < 1.29 is 8.42 Å². The number of nitrogens with two attached hydrogens (primary N) is 1. The van der Waals surface area contributed by atoms with Gasteiger partial charge < -0.3 is 5.73 Å². The summed E-state index contributed by atoms with van der Waals surface area (Å²) in [6.45, 7) is 0.545. The van der Waals surface area contributed by atoms with Crippen LogP contribution in [0.5, 0.6) is 0 Å². The van der Waals surface area contributed by atoms with Crippen LogP contribution in [0.3, 0.4) is 0 Å². The van der Waals surface area contributed by atoms with Gasteiger partial charge in [0.15, 0.2) is 0 Å². The summed E-state index contributed by atoms with van der Waals surface area (Å²) in [5, 5.41) is 0. The maximum absolute atomic E-state index is 12.2. The molecule has 0 unspecified atom stereocenters. The summed E-state index contributed by atoms with van der Waals surface area (Å²) in [5.41, 5.74) is 7.01. The summed E-state index contributed by atoms with van der Waals surface area (Å²) in [7, 11) is -3.55. The Hall–Kier alpha value is -1.37. The van der Waals surface area contributed by atoms with Crippen molar-refractivity contribution in [1.29, 1.82) is 0 Å². The van der Waals surface area contributed by atoms with E-state index in [0.29, 0.717) is 12.2 Å². The molecule has 0 atom stereocenters. The molecule has 0 amide bonds. The molecule has 0 bridgehead atoms. The first-order chi connectivity index (χ1) is 9.51. The van der Waals surface area contributed by atoms with Crippen molar-refractivity contribution in [2.75, 3.05) is 11.3 Å². The maximum Gasteiger partial charge on any atom is 0.261 e. The summed E-state index contributed by atoms with van der Waals surface area (Å²) >= 11 is 3.31. The highest BCUT2D eigenvalue weighted by atomic mass is 79.9. The molecule has 0 spiro atoms. The van der Waals surface area contributed by atoms with Crippen molar-refractivity contribution in [3.63, 3.8) is 0 Å². The van der Waals surface area contributed by atoms with Crippen molar-refractivity contribution in [2.24, 2.45) is 5.73 Å². The van der Waals surface area contributed by atoms with Gasteiger partial charge in [0.25, 0.3) is 10.0 Å². The van der Waals surface area contributed by atoms with Gasteiger partial charge in [-0.25, -0.2) is 8.42 Å². The Morgan fingerprint density at radius 2 is 1.60 bits per heavy atom. The number of anilines is 1. The molecule has 2 aromatic rings. The average Bonchev–Trinajstić information content (AvgIpc) is 2.42. The number of benzene rings is 2. The standard InChI is InChI=1S/C14H15BrN2O2S/c15-12-3-5-13(6-4-12)17-20(18,19)14-7-1-11(2-8-14)9-10-16/h1-8,17H,9-10,16H2. The Bertz CT molecular complexity index is 667. The zero-order valence-electron chi connectivity index (χ0n) is 10.7. The number of rotatable bonds is 5. The van der Waals surface area contributed by atoms with E-state index in [-0.39, 0.29) is 4.90 Å². The van der Waals surface area contributed by atoms with Gasteiger partial charge >= 0.3 is 0 Å². The van der Waals surface area contributed by atoms with E-state index in [9.17, 15) is 8.42 Å². The summed E-state index contributed by atoms with van der Waals surface area (Å²) in [4.78, 5) is 0.237. The highest BCUT2D eigenvalue weighted by Gasteiger charge is 2.13. The van der Waals surface area contributed by atoms with E-state index in [1.807, 2.05) is 0 Å². The molecule has 0 fully saturated rings. The van der Waals surface area contributed by atoms with E-state index in [4.69, 9.17) is 5.73 Å².